The summed E-state index contributed by atoms with van der Waals surface area (Å²) in [5, 5.41) is 14.1. The molecule has 0 heterocycles. The van der Waals surface area contributed by atoms with Crippen LogP contribution in [0, 0.1) is 11.7 Å². The van der Waals surface area contributed by atoms with Crippen LogP contribution in [0.5, 0.6) is 0 Å². The summed E-state index contributed by atoms with van der Waals surface area (Å²) in [4.78, 5) is 22.9. The summed E-state index contributed by atoms with van der Waals surface area (Å²) in [6.45, 7) is 5.46. The Morgan fingerprint density at radius 3 is 2.43 bits per heavy atom. The van der Waals surface area contributed by atoms with Crippen molar-refractivity contribution in [2.45, 2.75) is 39.3 Å². The van der Waals surface area contributed by atoms with Gasteiger partial charge in [0.2, 0.25) is 0 Å². The van der Waals surface area contributed by atoms with Gasteiger partial charge in [-0.3, -0.25) is 0 Å². The van der Waals surface area contributed by atoms with E-state index in [9.17, 15) is 14.0 Å². The smallest absolute Gasteiger partial charge is 0.326 e. The Labute approximate surface area is 123 Å². The zero-order valence-electron chi connectivity index (χ0n) is 12.4. The molecule has 0 aliphatic rings. The highest BCUT2D eigenvalue weighted by molar-refractivity contribution is 5.82. The number of carboxylic acids is 1. The van der Waals surface area contributed by atoms with Crippen LogP contribution in [0.2, 0.25) is 0 Å². The van der Waals surface area contributed by atoms with Crippen LogP contribution in [0.4, 0.5) is 9.18 Å². The molecule has 0 radical (unpaired) electrons. The zero-order valence-corrected chi connectivity index (χ0v) is 12.4. The summed E-state index contributed by atoms with van der Waals surface area (Å²) in [7, 11) is 0. The Morgan fingerprint density at radius 1 is 1.24 bits per heavy atom. The number of nitrogens with one attached hydrogen (secondary N) is 2. The number of carbonyl (C=O) groups is 2. The van der Waals surface area contributed by atoms with E-state index in [1.807, 2.05) is 13.8 Å². The summed E-state index contributed by atoms with van der Waals surface area (Å²) in [6.07, 6.45) is 0.344. The average molecular weight is 296 g/mol. The van der Waals surface area contributed by atoms with Gasteiger partial charge in [-0.05, 0) is 37.0 Å². The third-order valence-corrected chi connectivity index (χ3v) is 3.01. The van der Waals surface area contributed by atoms with E-state index in [1.165, 1.54) is 12.1 Å². The molecule has 1 unspecified atom stereocenters. The van der Waals surface area contributed by atoms with Crippen molar-refractivity contribution in [3.8, 4) is 0 Å². The van der Waals surface area contributed by atoms with Crippen molar-refractivity contribution in [1.29, 1.82) is 0 Å². The van der Waals surface area contributed by atoms with E-state index < -0.39 is 24.1 Å². The Morgan fingerprint density at radius 2 is 1.90 bits per heavy atom. The first-order valence-electron chi connectivity index (χ1n) is 6.85. The second-order valence-corrected chi connectivity index (χ2v) is 5.41. The number of carbonyl (C=O) groups excluding carboxylic acids is 1. The van der Waals surface area contributed by atoms with Gasteiger partial charge in [-0.2, -0.15) is 0 Å². The van der Waals surface area contributed by atoms with Crippen LogP contribution in [0.15, 0.2) is 24.3 Å². The van der Waals surface area contributed by atoms with Gasteiger partial charge in [0.25, 0.3) is 0 Å². The van der Waals surface area contributed by atoms with Crippen LogP contribution in [-0.2, 0) is 4.79 Å². The standard InChI is InChI=1S/C15H21FN2O3/c1-9(2)7-13(14(19)20)18-15(21)17-10(3)11-5-4-6-12(16)8-11/h4-6,8-10,13H,7H2,1-3H3,(H,19,20)(H2,17,18,21)/t10?,13-/m0/s1. The minimum atomic E-state index is -1.07. The molecule has 1 aromatic carbocycles. The molecule has 0 aliphatic heterocycles. The van der Waals surface area contributed by atoms with Crippen LogP contribution >= 0.6 is 0 Å². The zero-order chi connectivity index (χ0) is 16.0. The van der Waals surface area contributed by atoms with E-state index in [0.717, 1.165) is 0 Å². The van der Waals surface area contributed by atoms with Crippen molar-refractivity contribution in [2.75, 3.05) is 0 Å². The number of halogens is 1. The molecule has 0 spiro atoms. The van der Waals surface area contributed by atoms with Crippen molar-refractivity contribution in [2.24, 2.45) is 5.92 Å². The maximum Gasteiger partial charge on any atom is 0.326 e. The lowest BCUT2D eigenvalue weighted by molar-refractivity contribution is -0.139. The highest BCUT2D eigenvalue weighted by atomic mass is 19.1. The number of rotatable bonds is 6. The van der Waals surface area contributed by atoms with Gasteiger partial charge in [-0.1, -0.05) is 26.0 Å². The van der Waals surface area contributed by atoms with Gasteiger partial charge in [0.15, 0.2) is 0 Å². The van der Waals surface area contributed by atoms with Gasteiger partial charge in [0.05, 0.1) is 6.04 Å². The Hall–Kier alpha value is -2.11. The van der Waals surface area contributed by atoms with Crippen LogP contribution < -0.4 is 10.6 Å². The van der Waals surface area contributed by atoms with Gasteiger partial charge in [-0.15, -0.1) is 0 Å². The van der Waals surface area contributed by atoms with E-state index in [1.54, 1.807) is 19.1 Å². The Kier molecular flexibility index (Phi) is 6.14. The van der Waals surface area contributed by atoms with Gasteiger partial charge in [0, 0.05) is 0 Å². The first-order chi connectivity index (χ1) is 9.79. The lowest BCUT2D eigenvalue weighted by Crippen LogP contribution is -2.47. The largest absolute Gasteiger partial charge is 0.480 e. The summed E-state index contributed by atoms with van der Waals surface area (Å²) >= 11 is 0. The molecule has 0 aromatic heterocycles. The molecule has 0 fully saturated rings. The van der Waals surface area contributed by atoms with E-state index in [2.05, 4.69) is 10.6 Å². The number of urea groups is 1. The number of carboxylic acid groups (broad SMARTS) is 1. The first kappa shape index (κ1) is 16.9. The van der Waals surface area contributed by atoms with Gasteiger partial charge in [-0.25, -0.2) is 14.0 Å². The van der Waals surface area contributed by atoms with Gasteiger partial charge >= 0.3 is 12.0 Å². The quantitative estimate of drug-likeness (QED) is 0.755. The van der Waals surface area contributed by atoms with Crippen molar-refractivity contribution >= 4 is 12.0 Å². The molecule has 0 saturated heterocycles. The van der Waals surface area contributed by atoms with E-state index in [-0.39, 0.29) is 11.7 Å². The third-order valence-electron chi connectivity index (χ3n) is 3.01. The fourth-order valence-corrected chi connectivity index (χ4v) is 1.95. The second-order valence-electron chi connectivity index (χ2n) is 5.41. The summed E-state index contributed by atoms with van der Waals surface area (Å²) in [5.74, 6) is -1.31. The highest BCUT2D eigenvalue weighted by Crippen LogP contribution is 2.13. The lowest BCUT2D eigenvalue weighted by atomic mass is 10.0. The minimum Gasteiger partial charge on any atom is -0.480 e. The summed E-state index contributed by atoms with van der Waals surface area (Å²) in [5.41, 5.74) is 0.612. The summed E-state index contributed by atoms with van der Waals surface area (Å²) in [6, 6.07) is 3.95. The normalized spacial score (nSPS) is 13.6. The molecule has 1 aromatic rings. The summed E-state index contributed by atoms with van der Waals surface area (Å²) < 4.78 is 13.1. The molecule has 6 heteroatoms. The maximum atomic E-state index is 13.1. The molecular formula is C15H21FN2O3. The fourth-order valence-electron chi connectivity index (χ4n) is 1.95. The van der Waals surface area contributed by atoms with E-state index >= 15 is 0 Å². The maximum absolute atomic E-state index is 13.1. The molecule has 2 amide bonds. The van der Waals surface area contributed by atoms with Gasteiger partial charge in [0.1, 0.15) is 11.9 Å². The SMILES string of the molecule is CC(C)C[C@H](NC(=O)NC(C)c1cccc(F)c1)C(=O)O. The molecular weight excluding hydrogens is 275 g/mol. The first-order valence-corrected chi connectivity index (χ1v) is 6.85. The number of hydrogen-bond donors (Lipinski definition) is 3. The number of benzene rings is 1. The topological polar surface area (TPSA) is 78.4 Å². The second kappa shape index (κ2) is 7.61. The molecule has 1 rings (SSSR count). The molecule has 2 atom stereocenters. The molecule has 116 valence electrons. The fraction of sp³-hybridized carbons (Fsp3) is 0.467. The average Bonchev–Trinajstić information content (AvgIpc) is 2.37. The number of amides is 2. The van der Waals surface area contributed by atoms with Gasteiger partial charge < -0.3 is 15.7 Å². The van der Waals surface area contributed by atoms with Crippen molar-refractivity contribution in [3.05, 3.63) is 35.6 Å². The third kappa shape index (κ3) is 5.81. The molecule has 5 nitrogen and oxygen atoms in total. The van der Waals surface area contributed by atoms with Crippen LogP contribution in [0.3, 0.4) is 0 Å². The van der Waals surface area contributed by atoms with E-state index in [0.29, 0.717) is 12.0 Å². The van der Waals surface area contributed by atoms with Crippen molar-refractivity contribution in [3.63, 3.8) is 0 Å². The monoisotopic (exact) mass is 296 g/mol. The highest BCUT2D eigenvalue weighted by Gasteiger charge is 2.21. The van der Waals surface area contributed by atoms with E-state index in [4.69, 9.17) is 5.11 Å². The molecule has 3 N–H and O–H groups in total. The lowest BCUT2D eigenvalue weighted by Gasteiger charge is -2.19. The van der Waals surface area contributed by atoms with Crippen LogP contribution in [0.25, 0.3) is 0 Å². The number of hydrogen-bond acceptors (Lipinski definition) is 2. The minimum absolute atomic E-state index is 0.145. The van der Waals surface area contributed by atoms with Crippen molar-refractivity contribution < 1.29 is 19.1 Å². The molecule has 0 aliphatic carbocycles. The molecule has 0 bridgehead atoms. The molecule has 21 heavy (non-hydrogen) atoms. The Bertz CT molecular complexity index is 505. The van der Waals surface area contributed by atoms with Crippen LogP contribution in [0.1, 0.15) is 38.8 Å². The number of aliphatic carboxylic acids is 1. The predicted molar refractivity (Wildman–Crippen MR) is 77.4 cm³/mol. The van der Waals surface area contributed by atoms with Crippen molar-refractivity contribution in [1.82, 2.24) is 10.6 Å². The predicted octanol–water partition coefficient (Wildman–Crippen LogP) is 2.69. The molecule has 0 saturated carbocycles. The Balaban J connectivity index is 2.61. The van der Waals surface area contributed by atoms with Crippen LogP contribution in [-0.4, -0.2) is 23.1 Å².